The summed E-state index contributed by atoms with van der Waals surface area (Å²) in [6.45, 7) is 0. The van der Waals surface area contributed by atoms with Crippen LogP contribution in [-0.4, -0.2) is 33.8 Å². The maximum atomic E-state index is 11.9. The second kappa shape index (κ2) is 4.45. The Bertz CT molecular complexity index is 491. The molecule has 2 rings (SSSR count). The highest BCUT2D eigenvalue weighted by molar-refractivity contribution is 7.85. The quantitative estimate of drug-likeness (QED) is 0.797. The van der Waals surface area contributed by atoms with Crippen molar-refractivity contribution in [3.63, 3.8) is 0 Å². The third-order valence-corrected chi connectivity index (χ3v) is 4.51. The zero-order valence-electron chi connectivity index (χ0n) is 9.05. The number of urea groups is 1. The zero-order valence-corrected chi connectivity index (χ0v) is 11.4. The van der Waals surface area contributed by atoms with E-state index in [1.54, 1.807) is 19.2 Å². The maximum Gasteiger partial charge on any atom is 0.352 e. The summed E-state index contributed by atoms with van der Waals surface area (Å²) >= 11 is 10.1. The van der Waals surface area contributed by atoms with Crippen molar-refractivity contribution in [3.05, 3.63) is 28.2 Å². The number of hydrogen-bond acceptors (Lipinski definition) is 2. The van der Waals surface area contributed by atoms with Crippen LogP contribution >= 0.6 is 23.2 Å². The molecule has 1 fully saturated rings. The Kier molecular flexibility index (Phi) is 3.31. The minimum Gasteiger partial charge on any atom is -0.246 e. The summed E-state index contributed by atoms with van der Waals surface area (Å²) in [5.41, 5.74) is 0.443. The predicted molar refractivity (Wildman–Crippen MR) is 68.0 cm³/mol. The predicted octanol–water partition coefficient (Wildman–Crippen LogP) is 2.29. The number of benzene rings is 1. The summed E-state index contributed by atoms with van der Waals surface area (Å²) in [5.74, 6) is 0. The van der Waals surface area contributed by atoms with Crippen LogP contribution in [-0.2, 0) is 11.2 Å². The molecule has 1 aromatic rings. The third-order valence-electron chi connectivity index (χ3n) is 2.39. The van der Waals surface area contributed by atoms with E-state index in [1.807, 2.05) is 0 Å². The summed E-state index contributed by atoms with van der Waals surface area (Å²) in [7, 11) is 3.10. The van der Waals surface area contributed by atoms with Crippen molar-refractivity contribution >= 4 is 46.1 Å². The van der Waals surface area contributed by atoms with Crippen LogP contribution in [0.5, 0.6) is 0 Å². The average molecular weight is 294 g/mol. The van der Waals surface area contributed by atoms with Gasteiger partial charge in [-0.2, -0.15) is 4.31 Å². The molecular weight excluding hydrogens is 285 g/mol. The van der Waals surface area contributed by atoms with Gasteiger partial charge >= 0.3 is 6.03 Å². The van der Waals surface area contributed by atoms with Crippen molar-refractivity contribution < 1.29 is 9.00 Å². The number of carbonyl (C=O) groups excluding carboxylic acids is 1. The number of halogens is 2. The summed E-state index contributed by atoms with van der Waals surface area (Å²) in [6.07, 6.45) is 0. The Morgan fingerprint density at radius 2 is 1.82 bits per heavy atom. The van der Waals surface area contributed by atoms with Crippen LogP contribution in [0.25, 0.3) is 0 Å². The van der Waals surface area contributed by atoms with Gasteiger partial charge in [0.25, 0.3) is 0 Å². The summed E-state index contributed by atoms with van der Waals surface area (Å²) in [6, 6.07) is 4.27. The van der Waals surface area contributed by atoms with Gasteiger partial charge in [-0.1, -0.05) is 23.2 Å². The normalized spacial score (nSPS) is 21.4. The minimum absolute atomic E-state index is 0.311. The maximum absolute atomic E-state index is 11.9. The van der Waals surface area contributed by atoms with Crippen molar-refractivity contribution in [2.75, 3.05) is 18.4 Å². The SMILES string of the molecule is CN1C(=O)N(c2ccc(Cl)c(Cl)c2)S(=O)N1C. The van der Waals surface area contributed by atoms with E-state index >= 15 is 0 Å². The van der Waals surface area contributed by atoms with E-state index in [0.29, 0.717) is 15.7 Å². The molecule has 2 amide bonds. The molecule has 17 heavy (non-hydrogen) atoms. The number of anilines is 1. The van der Waals surface area contributed by atoms with E-state index in [2.05, 4.69) is 0 Å². The number of hydrogen-bond donors (Lipinski definition) is 0. The topological polar surface area (TPSA) is 43.9 Å². The van der Waals surface area contributed by atoms with Gasteiger partial charge in [-0.15, -0.1) is 4.41 Å². The Balaban J connectivity index is 2.43. The van der Waals surface area contributed by atoms with Crippen molar-refractivity contribution in [2.24, 2.45) is 0 Å². The number of amides is 2. The standard InChI is InChI=1S/C9H9Cl2N3O2S/c1-12-9(15)14(17(16)13(12)2)6-3-4-7(10)8(11)5-6/h3-5H,1-2H3. The van der Waals surface area contributed by atoms with Gasteiger partial charge in [0.2, 0.25) is 11.2 Å². The molecule has 0 saturated carbocycles. The van der Waals surface area contributed by atoms with E-state index in [-0.39, 0.29) is 6.03 Å². The lowest BCUT2D eigenvalue weighted by atomic mass is 10.3. The number of nitrogens with zero attached hydrogens (tertiary/aromatic N) is 3. The second-order valence-electron chi connectivity index (χ2n) is 3.39. The molecule has 0 N–H and O–H groups in total. The molecule has 0 aromatic heterocycles. The highest BCUT2D eigenvalue weighted by atomic mass is 35.5. The van der Waals surface area contributed by atoms with Crippen molar-refractivity contribution in [1.82, 2.24) is 9.42 Å². The van der Waals surface area contributed by atoms with Gasteiger partial charge in [0.05, 0.1) is 15.7 Å². The first-order valence-corrected chi connectivity index (χ1v) is 6.44. The highest BCUT2D eigenvalue weighted by Crippen LogP contribution is 2.31. The molecule has 1 unspecified atom stereocenters. The van der Waals surface area contributed by atoms with Crippen LogP contribution in [0.1, 0.15) is 0 Å². The second-order valence-corrected chi connectivity index (χ2v) is 5.56. The monoisotopic (exact) mass is 293 g/mol. The van der Waals surface area contributed by atoms with E-state index in [0.717, 1.165) is 4.31 Å². The van der Waals surface area contributed by atoms with E-state index in [1.165, 1.54) is 22.5 Å². The summed E-state index contributed by atoms with van der Waals surface area (Å²) in [4.78, 5) is 11.9. The first kappa shape index (κ1) is 12.6. The van der Waals surface area contributed by atoms with Gasteiger partial charge in [0, 0.05) is 14.1 Å². The molecule has 8 heteroatoms. The van der Waals surface area contributed by atoms with Crippen LogP contribution in [0.2, 0.25) is 10.0 Å². The van der Waals surface area contributed by atoms with E-state index in [4.69, 9.17) is 23.2 Å². The summed E-state index contributed by atoms with van der Waals surface area (Å²) < 4.78 is 14.4. The minimum atomic E-state index is -1.59. The van der Waals surface area contributed by atoms with Crippen molar-refractivity contribution in [2.45, 2.75) is 0 Å². The fourth-order valence-corrected chi connectivity index (χ4v) is 2.71. The molecule has 0 radical (unpaired) electrons. The smallest absolute Gasteiger partial charge is 0.246 e. The fourth-order valence-electron chi connectivity index (χ4n) is 1.35. The van der Waals surface area contributed by atoms with Gasteiger partial charge in [-0.05, 0) is 18.2 Å². The van der Waals surface area contributed by atoms with Gasteiger partial charge in [-0.25, -0.2) is 14.0 Å². The average Bonchev–Trinajstić information content (AvgIpc) is 2.48. The Hall–Kier alpha value is -0.820. The third kappa shape index (κ3) is 2.01. The lowest BCUT2D eigenvalue weighted by Gasteiger charge is -2.12. The molecule has 1 aromatic carbocycles. The Morgan fingerprint density at radius 3 is 2.29 bits per heavy atom. The first-order valence-electron chi connectivity index (χ1n) is 4.62. The molecule has 1 aliphatic heterocycles. The van der Waals surface area contributed by atoms with Gasteiger partial charge in [0.15, 0.2) is 0 Å². The molecule has 0 spiro atoms. The molecule has 1 saturated heterocycles. The van der Waals surface area contributed by atoms with Crippen LogP contribution in [0.4, 0.5) is 10.5 Å². The number of carbonyl (C=O) groups is 1. The molecule has 0 aliphatic carbocycles. The molecule has 5 nitrogen and oxygen atoms in total. The number of rotatable bonds is 1. The largest absolute Gasteiger partial charge is 0.352 e. The Morgan fingerprint density at radius 1 is 1.18 bits per heavy atom. The lowest BCUT2D eigenvalue weighted by Crippen LogP contribution is -2.32. The van der Waals surface area contributed by atoms with Crippen LogP contribution in [0.3, 0.4) is 0 Å². The van der Waals surface area contributed by atoms with Gasteiger partial charge in [-0.3, -0.25) is 0 Å². The molecule has 1 aliphatic rings. The van der Waals surface area contributed by atoms with Crippen LogP contribution < -0.4 is 4.31 Å². The molecule has 0 bridgehead atoms. The fraction of sp³-hybridized carbons (Fsp3) is 0.222. The van der Waals surface area contributed by atoms with Crippen molar-refractivity contribution in [3.8, 4) is 0 Å². The molecular formula is C9H9Cl2N3O2S. The summed E-state index contributed by atoms with van der Waals surface area (Å²) in [5, 5.41) is 1.96. The lowest BCUT2D eigenvalue weighted by molar-refractivity contribution is 0.162. The van der Waals surface area contributed by atoms with E-state index in [9.17, 15) is 9.00 Å². The molecule has 92 valence electrons. The molecule has 1 atom stereocenters. The van der Waals surface area contributed by atoms with Crippen molar-refractivity contribution in [1.29, 1.82) is 0 Å². The van der Waals surface area contributed by atoms with Gasteiger partial charge in [0.1, 0.15) is 0 Å². The first-order chi connectivity index (χ1) is 7.93. The zero-order chi connectivity index (χ0) is 12.7. The highest BCUT2D eigenvalue weighted by Gasteiger charge is 2.39. The van der Waals surface area contributed by atoms with Crippen LogP contribution in [0.15, 0.2) is 18.2 Å². The Labute approximate surface area is 111 Å². The van der Waals surface area contributed by atoms with Gasteiger partial charge < -0.3 is 0 Å². The van der Waals surface area contributed by atoms with E-state index < -0.39 is 11.2 Å². The number of hydrazine groups is 1. The van der Waals surface area contributed by atoms with Crippen LogP contribution in [0, 0.1) is 0 Å². The molecule has 1 heterocycles.